The van der Waals surface area contributed by atoms with Gasteiger partial charge in [-0.15, -0.1) is 0 Å². The summed E-state index contributed by atoms with van der Waals surface area (Å²) in [5.74, 6) is -6.72. The Morgan fingerprint density at radius 2 is 1.73 bits per heavy atom. The Balaban J connectivity index is 2.12. The van der Waals surface area contributed by atoms with Crippen LogP contribution in [0, 0.1) is 23.3 Å². The number of ether oxygens (including phenoxy) is 1. The molecule has 3 rings (SSSR count). The molecule has 132 valence electrons. The monoisotopic (exact) mass is 363 g/mol. The highest BCUT2D eigenvalue weighted by Gasteiger charge is 2.19. The first-order valence-corrected chi connectivity index (χ1v) is 7.18. The van der Waals surface area contributed by atoms with Gasteiger partial charge in [0.1, 0.15) is 11.4 Å². The number of pyridine rings is 1. The molecule has 0 radical (unpaired) electrons. The Morgan fingerprint density at radius 1 is 0.962 bits per heavy atom. The number of benzene rings is 2. The van der Waals surface area contributed by atoms with Gasteiger partial charge in [0.05, 0.1) is 5.69 Å². The van der Waals surface area contributed by atoms with Crippen LogP contribution in [0.25, 0.3) is 11.3 Å². The summed E-state index contributed by atoms with van der Waals surface area (Å²) in [7, 11) is 0. The molecule has 2 aromatic carbocycles. The number of carbonyl (C=O) groups is 1. The molecule has 0 saturated heterocycles. The van der Waals surface area contributed by atoms with Crippen molar-refractivity contribution in [3.8, 4) is 22.9 Å². The normalized spacial score (nSPS) is 10.6. The molecule has 1 aromatic heterocycles. The largest absolute Gasteiger partial charge is 0.477 e. The minimum absolute atomic E-state index is 0.140. The fourth-order valence-corrected chi connectivity index (χ4v) is 2.19. The van der Waals surface area contributed by atoms with Crippen molar-refractivity contribution in [3.63, 3.8) is 0 Å². The van der Waals surface area contributed by atoms with E-state index in [2.05, 4.69) is 4.98 Å². The van der Waals surface area contributed by atoms with Gasteiger partial charge >= 0.3 is 5.97 Å². The predicted molar refractivity (Wildman–Crippen MR) is 83.0 cm³/mol. The number of halogens is 4. The SMILES string of the molecule is O=C(O)c1ccc(-c2cccc(F)c2F)nc1Oc1cc(F)ccc1F. The number of carboxylic acids is 1. The summed E-state index contributed by atoms with van der Waals surface area (Å²) in [4.78, 5) is 15.1. The lowest BCUT2D eigenvalue weighted by Crippen LogP contribution is -2.04. The molecule has 0 aliphatic rings. The van der Waals surface area contributed by atoms with Crippen LogP contribution in [0.15, 0.2) is 48.5 Å². The number of hydrogen-bond donors (Lipinski definition) is 1. The van der Waals surface area contributed by atoms with Crippen LogP contribution in [-0.4, -0.2) is 16.1 Å². The summed E-state index contributed by atoms with van der Waals surface area (Å²) >= 11 is 0. The van der Waals surface area contributed by atoms with E-state index >= 15 is 0 Å². The number of hydrogen-bond acceptors (Lipinski definition) is 3. The van der Waals surface area contributed by atoms with Crippen LogP contribution in [0.3, 0.4) is 0 Å². The van der Waals surface area contributed by atoms with E-state index in [1.165, 1.54) is 12.1 Å². The zero-order valence-corrected chi connectivity index (χ0v) is 12.8. The summed E-state index contributed by atoms with van der Waals surface area (Å²) in [6, 6.07) is 7.92. The molecule has 0 saturated carbocycles. The highest BCUT2D eigenvalue weighted by molar-refractivity contribution is 5.90. The van der Waals surface area contributed by atoms with Crippen molar-refractivity contribution < 1.29 is 32.2 Å². The Kier molecular flexibility index (Phi) is 4.57. The molecule has 0 atom stereocenters. The van der Waals surface area contributed by atoms with Crippen molar-refractivity contribution >= 4 is 5.97 Å². The molecule has 0 aliphatic carbocycles. The van der Waals surface area contributed by atoms with Gasteiger partial charge in [0.15, 0.2) is 23.2 Å². The smallest absolute Gasteiger partial charge is 0.341 e. The van der Waals surface area contributed by atoms with Gasteiger partial charge in [-0.2, -0.15) is 0 Å². The first kappa shape index (κ1) is 17.4. The van der Waals surface area contributed by atoms with Crippen molar-refractivity contribution in [2.45, 2.75) is 0 Å². The number of nitrogens with zero attached hydrogens (tertiary/aromatic N) is 1. The fraction of sp³-hybridized carbons (Fsp3) is 0. The molecule has 0 aliphatic heterocycles. The first-order valence-electron chi connectivity index (χ1n) is 7.18. The molecule has 0 amide bonds. The minimum Gasteiger partial charge on any atom is -0.477 e. The van der Waals surface area contributed by atoms with Crippen LogP contribution in [0.4, 0.5) is 17.6 Å². The molecule has 0 fully saturated rings. The summed E-state index contributed by atoms with van der Waals surface area (Å²) < 4.78 is 59.5. The van der Waals surface area contributed by atoms with Crippen LogP contribution in [0.2, 0.25) is 0 Å². The number of aromatic carboxylic acids is 1. The molecule has 0 spiro atoms. The Labute approximate surface area is 144 Å². The van der Waals surface area contributed by atoms with Gasteiger partial charge < -0.3 is 9.84 Å². The van der Waals surface area contributed by atoms with E-state index in [4.69, 9.17) is 4.74 Å². The topological polar surface area (TPSA) is 59.4 Å². The zero-order valence-electron chi connectivity index (χ0n) is 12.8. The summed E-state index contributed by atoms with van der Waals surface area (Å²) in [6.07, 6.45) is 0. The summed E-state index contributed by atoms with van der Waals surface area (Å²) in [5.41, 5.74) is -0.848. The molecule has 3 aromatic rings. The van der Waals surface area contributed by atoms with Gasteiger partial charge in [-0.3, -0.25) is 0 Å². The van der Waals surface area contributed by atoms with E-state index in [1.54, 1.807) is 0 Å². The third-order valence-electron chi connectivity index (χ3n) is 3.42. The van der Waals surface area contributed by atoms with E-state index < -0.39 is 46.4 Å². The quantitative estimate of drug-likeness (QED) is 0.677. The lowest BCUT2D eigenvalue weighted by molar-refractivity contribution is 0.0693. The van der Waals surface area contributed by atoms with Crippen LogP contribution in [0.1, 0.15) is 10.4 Å². The predicted octanol–water partition coefficient (Wildman–Crippen LogP) is 4.80. The van der Waals surface area contributed by atoms with Crippen molar-refractivity contribution in [1.82, 2.24) is 4.98 Å². The fourth-order valence-electron chi connectivity index (χ4n) is 2.19. The second-order valence-corrected chi connectivity index (χ2v) is 5.13. The summed E-state index contributed by atoms with van der Waals surface area (Å²) in [6.45, 7) is 0. The second-order valence-electron chi connectivity index (χ2n) is 5.13. The average molecular weight is 363 g/mol. The Bertz CT molecular complexity index is 1010. The molecule has 0 unspecified atom stereocenters. The number of carboxylic acid groups (broad SMARTS) is 1. The molecule has 1 N–H and O–H groups in total. The summed E-state index contributed by atoms with van der Waals surface area (Å²) in [5, 5.41) is 9.21. The molecular weight excluding hydrogens is 354 g/mol. The molecule has 8 heteroatoms. The van der Waals surface area contributed by atoms with Crippen molar-refractivity contribution in [3.05, 3.63) is 77.4 Å². The van der Waals surface area contributed by atoms with E-state index in [0.717, 1.165) is 30.3 Å². The van der Waals surface area contributed by atoms with Crippen LogP contribution < -0.4 is 4.74 Å². The second kappa shape index (κ2) is 6.83. The number of rotatable bonds is 4. The zero-order chi connectivity index (χ0) is 18.8. The van der Waals surface area contributed by atoms with Crippen molar-refractivity contribution in [2.24, 2.45) is 0 Å². The van der Waals surface area contributed by atoms with E-state index in [9.17, 15) is 27.5 Å². The molecule has 26 heavy (non-hydrogen) atoms. The van der Waals surface area contributed by atoms with Crippen LogP contribution in [-0.2, 0) is 0 Å². The van der Waals surface area contributed by atoms with Crippen molar-refractivity contribution in [1.29, 1.82) is 0 Å². The van der Waals surface area contributed by atoms with Gasteiger partial charge in [-0.25, -0.2) is 27.3 Å². The van der Waals surface area contributed by atoms with Gasteiger partial charge in [0.2, 0.25) is 5.88 Å². The maximum Gasteiger partial charge on any atom is 0.341 e. The lowest BCUT2D eigenvalue weighted by Gasteiger charge is -2.11. The van der Waals surface area contributed by atoms with Gasteiger partial charge in [-0.1, -0.05) is 6.07 Å². The maximum absolute atomic E-state index is 13.9. The number of aromatic nitrogens is 1. The lowest BCUT2D eigenvalue weighted by atomic mass is 10.1. The minimum atomic E-state index is -1.45. The molecular formula is C18H9F4NO3. The van der Waals surface area contributed by atoms with Crippen LogP contribution >= 0.6 is 0 Å². The molecule has 0 bridgehead atoms. The van der Waals surface area contributed by atoms with Crippen molar-refractivity contribution in [2.75, 3.05) is 0 Å². The van der Waals surface area contributed by atoms with Gasteiger partial charge in [-0.05, 0) is 36.4 Å². The standard InChI is InChI=1S/C18H9F4NO3/c19-9-4-6-12(20)15(8-9)26-17-11(18(24)25)5-7-14(23-17)10-2-1-3-13(21)16(10)22/h1-8H,(H,24,25). The molecule has 4 nitrogen and oxygen atoms in total. The van der Waals surface area contributed by atoms with E-state index in [-0.39, 0.29) is 11.3 Å². The highest BCUT2D eigenvalue weighted by Crippen LogP contribution is 2.30. The Morgan fingerprint density at radius 3 is 2.46 bits per heavy atom. The van der Waals surface area contributed by atoms with Gasteiger partial charge in [0.25, 0.3) is 0 Å². The highest BCUT2D eigenvalue weighted by atomic mass is 19.2. The third kappa shape index (κ3) is 3.34. The third-order valence-corrected chi connectivity index (χ3v) is 3.42. The average Bonchev–Trinajstić information content (AvgIpc) is 2.60. The van der Waals surface area contributed by atoms with E-state index in [1.807, 2.05) is 0 Å². The van der Waals surface area contributed by atoms with Gasteiger partial charge in [0, 0.05) is 11.6 Å². The Hall–Kier alpha value is -3.42. The van der Waals surface area contributed by atoms with Crippen LogP contribution in [0.5, 0.6) is 11.6 Å². The van der Waals surface area contributed by atoms with E-state index in [0.29, 0.717) is 6.07 Å². The molecule has 1 heterocycles. The first-order chi connectivity index (χ1) is 12.4. The maximum atomic E-state index is 13.9.